The first-order chi connectivity index (χ1) is 9.01. The summed E-state index contributed by atoms with van der Waals surface area (Å²) in [5.74, 6) is 0.849. The summed E-state index contributed by atoms with van der Waals surface area (Å²) in [4.78, 5) is 0. The second-order valence-electron chi connectivity index (χ2n) is 3.51. The second-order valence-corrected chi connectivity index (χ2v) is 13.0. The van der Waals surface area contributed by atoms with Gasteiger partial charge in [-0.2, -0.15) is 0 Å². The van der Waals surface area contributed by atoms with Gasteiger partial charge in [-0.1, -0.05) is 11.4 Å². The summed E-state index contributed by atoms with van der Waals surface area (Å²) in [6.45, 7) is 5.02. The van der Waals surface area contributed by atoms with E-state index in [1.54, 1.807) is 32.7 Å². The van der Waals surface area contributed by atoms with Crippen LogP contribution in [0, 0.1) is 0 Å². The molecule has 0 aromatic carbocycles. The predicted octanol–water partition coefficient (Wildman–Crippen LogP) is 3.29. The van der Waals surface area contributed by atoms with Gasteiger partial charge in [0.05, 0.1) is 13.2 Å². The summed E-state index contributed by atoms with van der Waals surface area (Å²) in [7, 11) is 2.40. The monoisotopic (exact) mass is 348 g/mol. The summed E-state index contributed by atoms with van der Waals surface area (Å²) in [6, 6.07) is 0.761. The average Bonchev–Trinajstić information content (AvgIpc) is 2.40. The van der Waals surface area contributed by atoms with Crippen LogP contribution in [-0.2, 0) is 34.1 Å². The second kappa shape index (κ2) is 10.7. The molecule has 0 fully saturated rings. The molecule has 5 nitrogen and oxygen atoms in total. The van der Waals surface area contributed by atoms with Crippen LogP contribution in [0.15, 0.2) is 0 Å². The zero-order chi connectivity index (χ0) is 14.8. The van der Waals surface area contributed by atoms with E-state index >= 15 is 0 Å². The summed E-state index contributed by atoms with van der Waals surface area (Å²) in [5, 5.41) is 0. The first-order valence-corrected chi connectivity index (χ1v) is 12.4. The Hall–Kier alpha value is 1.02. The van der Waals surface area contributed by atoms with Gasteiger partial charge in [0.15, 0.2) is 0 Å². The molecule has 0 bridgehead atoms. The fourth-order valence-corrected chi connectivity index (χ4v) is 8.22. The maximum Gasteiger partial charge on any atom is 0.500 e. The molecule has 0 spiro atoms. The molecule has 116 valence electrons. The highest BCUT2D eigenvalue weighted by Crippen LogP contribution is 2.61. The molecule has 19 heavy (non-hydrogen) atoms. The third-order valence-corrected chi connectivity index (χ3v) is 10.9. The number of hydrogen-bond acceptors (Lipinski definition) is 7. The smallest absolute Gasteiger partial charge is 0.377 e. The van der Waals surface area contributed by atoms with Crippen molar-refractivity contribution in [2.45, 2.75) is 26.3 Å². The summed E-state index contributed by atoms with van der Waals surface area (Å²) >= 11 is 7.02. The Morgan fingerprint density at radius 3 is 1.84 bits per heavy atom. The maximum absolute atomic E-state index is 5.57. The van der Waals surface area contributed by atoms with E-state index in [0.29, 0.717) is 13.2 Å². The van der Waals surface area contributed by atoms with Gasteiger partial charge in [0.2, 0.25) is 5.69 Å². The van der Waals surface area contributed by atoms with Crippen molar-refractivity contribution >= 4 is 37.7 Å². The van der Waals surface area contributed by atoms with Crippen molar-refractivity contribution in [3.05, 3.63) is 0 Å². The lowest BCUT2D eigenvalue weighted by atomic mass is 10.6. The third kappa shape index (κ3) is 7.54. The van der Waals surface area contributed by atoms with Crippen molar-refractivity contribution in [2.75, 3.05) is 40.3 Å². The topological polar surface area (TPSA) is 46.2 Å². The van der Waals surface area contributed by atoms with E-state index < -0.39 is 14.5 Å². The van der Waals surface area contributed by atoms with Crippen LogP contribution < -0.4 is 0 Å². The molecule has 0 radical (unpaired) electrons. The summed E-state index contributed by atoms with van der Waals surface area (Å²) in [5.41, 5.74) is -2.18. The van der Waals surface area contributed by atoms with Crippen molar-refractivity contribution in [3.63, 3.8) is 0 Å². The molecule has 0 saturated heterocycles. The SMILES string of the molecule is CCOP(=S)(OCC)SCCC[Si](OC)(OC)OC. The number of rotatable bonds is 12. The van der Waals surface area contributed by atoms with Crippen LogP contribution in [0.5, 0.6) is 0 Å². The Morgan fingerprint density at radius 1 is 1.00 bits per heavy atom. The van der Waals surface area contributed by atoms with E-state index in [1.807, 2.05) is 13.8 Å². The lowest BCUT2D eigenvalue weighted by molar-refractivity contribution is 0.123. The quantitative estimate of drug-likeness (QED) is 0.305. The molecule has 0 N–H and O–H groups in total. The molecule has 0 aliphatic heterocycles. The molecule has 9 heteroatoms. The van der Waals surface area contributed by atoms with Gasteiger partial charge in [0, 0.05) is 33.1 Å². The van der Waals surface area contributed by atoms with Gasteiger partial charge in [0.25, 0.3) is 0 Å². The van der Waals surface area contributed by atoms with Crippen molar-refractivity contribution in [2.24, 2.45) is 0 Å². The molecule has 0 aliphatic carbocycles. The Kier molecular flexibility index (Phi) is 11.3. The maximum atomic E-state index is 5.57. The molecular weight excluding hydrogens is 323 g/mol. The van der Waals surface area contributed by atoms with Crippen LogP contribution in [0.25, 0.3) is 0 Å². The average molecular weight is 348 g/mol. The minimum atomic E-state index is -2.47. The van der Waals surface area contributed by atoms with Crippen LogP contribution in [0.1, 0.15) is 20.3 Å². The fourth-order valence-electron chi connectivity index (χ4n) is 1.45. The minimum absolute atomic E-state index is 0.581. The molecule has 0 rings (SSSR count). The number of hydrogen-bond donors (Lipinski definition) is 0. The van der Waals surface area contributed by atoms with Gasteiger partial charge in [-0.25, -0.2) is 0 Å². The highest BCUT2D eigenvalue weighted by atomic mass is 32.9. The predicted molar refractivity (Wildman–Crippen MR) is 86.2 cm³/mol. The highest BCUT2D eigenvalue weighted by molar-refractivity contribution is 8.67. The molecule has 0 aromatic rings. The lowest BCUT2D eigenvalue weighted by Gasteiger charge is -2.25. The van der Waals surface area contributed by atoms with Gasteiger partial charge < -0.3 is 22.3 Å². The molecule has 0 atom stereocenters. The molecule has 0 aliphatic rings. The third-order valence-electron chi connectivity index (χ3n) is 2.38. The van der Waals surface area contributed by atoms with Gasteiger partial charge in [-0.05, 0) is 32.1 Å². The van der Waals surface area contributed by atoms with Crippen LogP contribution >= 0.6 is 17.1 Å². The molecule has 0 saturated carbocycles. The molecular formula is C10H25O5PS2Si. The van der Waals surface area contributed by atoms with Crippen molar-refractivity contribution in [3.8, 4) is 0 Å². The standard InChI is InChI=1S/C10H25O5PS2Si/c1-6-14-16(17,15-7-2)18-9-8-10-19(11-3,12-4)13-5/h6-10H2,1-5H3. The van der Waals surface area contributed by atoms with E-state index in [0.717, 1.165) is 18.2 Å². The van der Waals surface area contributed by atoms with Crippen molar-refractivity contribution in [1.82, 2.24) is 0 Å². The minimum Gasteiger partial charge on any atom is -0.377 e. The Balaban J connectivity index is 4.16. The van der Waals surface area contributed by atoms with E-state index in [2.05, 4.69) is 0 Å². The molecule has 0 heterocycles. The molecule has 0 amide bonds. The lowest BCUT2D eigenvalue weighted by Crippen LogP contribution is -2.42. The van der Waals surface area contributed by atoms with Gasteiger partial charge >= 0.3 is 8.80 Å². The summed E-state index contributed by atoms with van der Waals surface area (Å²) in [6.07, 6.45) is 0.894. The van der Waals surface area contributed by atoms with Crippen LogP contribution in [-0.4, -0.2) is 49.1 Å². The van der Waals surface area contributed by atoms with E-state index in [-0.39, 0.29) is 0 Å². The van der Waals surface area contributed by atoms with E-state index in [9.17, 15) is 0 Å². The van der Waals surface area contributed by atoms with Gasteiger partial charge in [-0.15, -0.1) is 0 Å². The largest absolute Gasteiger partial charge is 0.500 e. The fraction of sp³-hybridized carbons (Fsp3) is 1.00. The molecule has 0 unspecified atom stereocenters. The van der Waals surface area contributed by atoms with Crippen LogP contribution in [0.3, 0.4) is 0 Å². The summed E-state index contributed by atoms with van der Waals surface area (Å²) < 4.78 is 27.2. The van der Waals surface area contributed by atoms with E-state index in [1.165, 1.54) is 0 Å². The highest BCUT2D eigenvalue weighted by Gasteiger charge is 2.37. The van der Waals surface area contributed by atoms with E-state index in [4.69, 9.17) is 34.1 Å². The first-order valence-electron chi connectivity index (χ1n) is 6.20. The Labute approximate surface area is 127 Å². The first kappa shape index (κ1) is 20.0. The Bertz CT molecular complexity index is 260. The Morgan fingerprint density at radius 2 is 1.47 bits per heavy atom. The van der Waals surface area contributed by atoms with Crippen LogP contribution in [0.4, 0.5) is 0 Å². The zero-order valence-corrected chi connectivity index (χ0v) is 15.9. The van der Waals surface area contributed by atoms with Crippen LogP contribution in [0.2, 0.25) is 6.04 Å². The van der Waals surface area contributed by atoms with Crippen molar-refractivity contribution in [1.29, 1.82) is 0 Å². The van der Waals surface area contributed by atoms with Gasteiger partial charge in [-0.3, -0.25) is 0 Å². The van der Waals surface area contributed by atoms with Crippen molar-refractivity contribution < 1.29 is 22.3 Å². The zero-order valence-electron chi connectivity index (χ0n) is 12.3. The molecule has 0 aromatic heterocycles. The van der Waals surface area contributed by atoms with Gasteiger partial charge in [0.1, 0.15) is 0 Å². The normalized spacial score (nSPS) is 12.9.